The van der Waals surface area contributed by atoms with Crippen molar-refractivity contribution in [3.63, 3.8) is 0 Å². The zero-order valence-corrected chi connectivity index (χ0v) is 21.4. The van der Waals surface area contributed by atoms with Crippen molar-refractivity contribution >= 4 is 23.4 Å². The molecule has 0 bridgehead atoms. The van der Waals surface area contributed by atoms with E-state index in [0.717, 1.165) is 29.5 Å². The number of amides is 2. The number of hydrogen-bond donors (Lipinski definition) is 1. The molecule has 1 atom stereocenters. The van der Waals surface area contributed by atoms with Gasteiger partial charge in [-0.3, -0.25) is 9.59 Å². The molecule has 0 radical (unpaired) electrons. The molecule has 3 aromatic carbocycles. The first-order valence-electron chi connectivity index (χ1n) is 12.4. The maximum Gasteiger partial charge on any atom is 0.243 e. The topological polar surface area (TPSA) is 49.4 Å². The molecule has 5 heteroatoms. The maximum absolute atomic E-state index is 13.7. The van der Waals surface area contributed by atoms with E-state index in [1.807, 2.05) is 61.5 Å². The summed E-state index contributed by atoms with van der Waals surface area (Å²) < 4.78 is 0. The Kier molecular flexibility index (Phi) is 10.4. The SMILES string of the molecule is CCCNC(=O)[C@@H](Cc1ccccc1)N(Cc1ccccc1Cl)C(=O)CCc1ccc(CC)cc1. The van der Waals surface area contributed by atoms with Crippen LogP contribution in [-0.4, -0.2) is 29.3 Å². The van der Waals surface area contributed by atoms with Gasteiger partial charge in [-0.25, -0.2) is 0 Å². The Morgan fingerprint density at radius 1 is 0.857 bits per heavy atom. The predicted molar refractivity (Wildman–Crippen MR) is 143 cm³/mol. The molecule has 0 heterocycles. The molecule has 184 valence electrons. The minimum absolute atomic E-state index is 0.0583. The van der Waals surface area contributed by atoms with Gasteiger partial charge in [0.05, 0.1) is 0 Å². The summed E-state index contributed by atoms with van der Waals surface area (Å²) in [6.07, 6.45) is 3.20. The highest BCUT2D eigenvalue weighted by atomic mass is 35.5. The standard InChI is InChI=1S/C30H35ClN2O2/c1-3-20-32-30(35)28(21-25-10-6-5-7-11-25)33(22-26-12-8-9-13-27(26)31)29(34)19-18-24-16-14-23(4-2)15-17-24/h5-17,28H,3-4,18-22H2,1-2H3,(H,32,35)/t28-/m1/s1. The van der Waals surface area contributed by atoms with Gasteiger partial charge in [0.1, 0.15) is 6.04 Å². The van der Waals surface area contributed by atoms with E-state index in [9.17, 15) is 9.59 Å². The van der Waals surface area contributed by atoms with Crippen molar-refractivity contribution in [2.45, 2.75) is 58.5 Å². The third kappa shape index (κ3) is 7.97. The second kappa shape index (κ2) is 13.7. The number of nitrogens with zero attached hydrogens (tertiary/aromatic N) is 1. The molecule has 0 saturated heterocycles. The van der Waals surface area contributed by atoms with Gasteiger partial charge in [-0.15, -0.1) is 0 Å². The quantitative estimate of drug-likeness (QED) is 0.338. The van der Waals surface area contributed by atoms with Crippen LogP contribution in [-0.2, 0) is 35.4 Å². The minimum atomic E-state index is -0.629. The Morgan fingerprint density at radius 2 is 1.51 bits per heavy atom. The van der Waals surface area contributed by atoms with Crippen LogP contribution in [0.2, 0.25) is 5.02 Å². The van der Waals surface area contributed by atoms with Crippen molar-refractivity contribution < 1.29 is 9.59 Å². The highest BCUT2D eigenvalue weighted by Gasteiger charge is 2.30. The molecular weight excluding hydrogens is 456 g/mol. The average Bonchev–Trinajstić information content (AvgIpc) is 2.89. The Labute approximate surface area is 214 Å². The van der Waals surface area contributed by atoms with E-state index >= 15 is 0 Å². The van der Waals surface area contributed by atoms with Crippen molar-refractivity contribution in [3.05, 3.63) is 106 Å². The summed E-state index contributed by atoms with van der Waals surface area (Å²) in [5.41, 5.74) is 4.23. The van der Waals surface area contributed by atoms with Crippen LogP contribution >= 0.6 is 11.6 Å². The summed E-state index contributed by atoms with van der Waals surface area (Å²) in [4.78, 5) is 28.7. The normalized spacial score (nSPS) is 11.6. The summed E-state index contributed by atoms with van der Waals surface area (Å²) >= 11 is 6.46. The summed E-state index contributed by atoms with van der Waals surface area (Å²) in [6.45, 7) is 5.00. The second-order valence-electron chi connectivity index (χ2n) is 8.78. The largest absolute Gasteiger partial charge is 0.354 e. The van der Waals surface area contributed by atoms with E-state index in [0.29, 0.717) is 30.8 Å². The van der Waals surface area contributed by atoms with Crippen LogP contribution < -0.4 is 5.32 Å². The minimum Gasteiger partial charge on any atom is -0.354 e. The van der Waals surface area contributed by atoms with Gasteiger partial charge in [0.25, 0.3) is 0 Å². The first-order valence-corrected chi connectivity index (χ1v) is 12.8. The Hall–Kier alpha value is -3.11. The average molecular weight is 491 g/mol. The Balaban J connectivity index is 1.88. The zero-order chi connectivity index (χ0) is 25.0. The molecule has 0 fully saturated rings. The second-order valence-corrected chi connectivity index (χ2v) is 9.19. The molecule has 1 N–H and O–H groups in total. The highest BCUT2D eigenvalue weighted by molar-refractivity contribution is 6.31. The number of rotatable bonds is 12. The molecule has 4 nitrogen and oxygen atoms in total. The van der Waals surface area contributed by atoms with Gasteiger partial charge < -0.3 is 10.2 Å². The summed E-state index contributed by atoms with van der Waals surface area (Å²) in [5.74, 6) is -0.194. The fourth-order valence-corrected chi connectivity index (χ4v) is 4.26. The smallest absolute Gasteiger partial charge is 0.243 e. The molecule has 0 aromatic heterocycles. The Bertz CT molecular complexity index is 1080. The molecule has 0 aliphatic heterocycles. The van der Waals surface area contributed by atoms with Crippen LogP contribution in [0, 0.1) is 0 Å². The number of carbonyl (C=O) groups excluding carboxylic acids is 2. The van der Waals surface area contributed by atoms with Gasteiger partial charge in [0.15, 0.2) is 0 Å². The number of carbonyl (C=O) groups is 2. The van der Waals surface area contributed by atoms with Crippen LogP contribution in [0.4, 0.5) is 0 Å². The molecule has 0 spiro atoms. The number of aryl methyl sites for hydroxylation is 2. The molecule has 0 aliphatic carbocycles. The van der Waals surface area contributed by atoms with Crippen molar-refractivity contribution in [2.75, 3.05) is 6.54 Å². The van der Waals surface area contributed by atoms with Gasteiger partial charge in [-0.1, -0.05) is 98.2 Å². The fraction of sp³-hybridized carbons (Fsp3) is 0.333. The number of nitrogens with one attached hydrogen (secondary N) is 1. The van der Waals surface area contributed by atoms with E-state index < -0.39 is 6.04 Å². The lowest BCUT2D eigenvalue weighted by Crippen LogP contribution is -2.50. The van der Waals surface area contributed by atoms with Crippen molar-refractivity contribution in [2.24, 2.45) is 0 Å². The lowest BCUT2D eigenvalue weighted by Gasteiger charge is -2.32. The summed E-state index contributed by atoms with van der Waals surface area (Å²) in [7, 11) is 0. The molecule has 3 rings (SSSR count). The van der Waals surface area contributed by atoms with Crippen molar-refractivity contribution in [1.29, 1.82) is 0 Å². The van der Waals surface area contributed by atoms with E-state index in [1.54, 1.807) is 4.90 Å². The molecule has 0 aliphatic rings. The van der Waals surface area contributed by atoms with E-state index in [2.05, 4.69) is 36.5 Å². The van der Waals surface area contributed by atoms with Gasteiger partial charge in [0, 0.05) is 31.0 Å². The predicted octanol–water partition coefficient (Wildman–Crippen LogP) is 6.00. The third-order valence-electron chi connectivity index (χ3n) is 6.18. The van der Waals surface area contributed by atoms with E-state index in [4.69, 9.17) is 11.6 Å². The zero-order valence-electron chi connectivity index (χ0n) is 20.7. The van der Waals surface area contributed by atoms with Gasteiger partial charge in [-0.05, 0) is 47.6 Å². The molecule has 3 aromatic rings. The van der Waals surface area contributed by atoms with Crippen LogP contribution in [0.25, 0.3) is 0 Å². The first kappa shape index (κ1) is 26.5. The summed E-state index contributed by atoms with van der Waals surface area (Å²) in [5, 5.41) is 3.60. The van der Waals surface area contributed by atoms with Crippen LogP contribution in [0.3, 0.4) is 0 Å². The molecule has 0 unspecified atom stereocenters. The van der Waals surface area contributed by atoms with Gasteiger partial charge >= 0.3 is 0 Å². The number of hydrogen-bond acceptors (Lipinski definition) is 2. The van der Waals surface area contributed by atoms with E-state index in [1.165, 1.54) is 5.56 Å². The summed E-state index contributed by atoms with van der Waals surface area (Å²) in [6, 6.07) is 25.1. The fourth-order valence-electron chi connectivity index (χ4n) is 4.07. The van der Waals surface area contributed by atoms with Crippen molar-refractivity contribution in [1.82, 2.24) is 10.2 Å². The maximum atomic E-state index is 13.7. The van der Waals surface area contributed by atoms with Crippen LogP contribution in [0.1, 0.15) is 48.9 Å². The molecule has 2 amide bonds. The van der Waals surface area contributed by atoms with Crippen LogP contribution in [0.15, 0.2) is 78.9 Å². The van der Waals surface area contributed by atoms with E-state index in [-0.39, 0.29) is 18.4 Å². The van der Waals surface area contributed by atoms with Gasteiger partial charge in [0.2, 0.25) is 11.8 Å². The lowest BCUT2D eigenvalue weighted by atomic mass is 10.0. The number of halogens is 1. The van der Waals surface area contributed by atoms with Crippen molar-refractivity contribution in [3.8, 4) is 0 Å². The first-order chi connectivity index (χ1) is 17.0. The highest BCUT2D eigenvalue weighted by Crippen LogP contribution is 2.21. The molecule has 0 saturated carbocycles. The monoisotopic (exact) mass is 490 g/mol. The molecular formula is C30H35ClN2O2. The Morgan fingerprint density at radius 3 is 2.17 bits per heavy atom. The van der Waals surface area contributed by atoms with Crippen LogP contribution in [0.5, 0.6) is 0 Å². The van der Waals surface area contributed by atoms with Gasteiger partial charge in [-0.2, -0.15) is 0 Å². The molecule has 35 heavy (non-hydrogen) atoms. The third-order valence-corrected chi connectivity index (χ3v) is 6.55. The number of benzene rings is 3. The lowest BCUT2D eigenvalue weighted by molar-refractivity contribution is -0.141.